The van der Waals surface area contributed by atoms with Gasteiger partial charge in [-0.25, -0.2) is 13.5 Å². The van der Waals surface area contributed by atoms with Gasteiger partial charge in [-0.3, -0.25) is 19.3 Å². The van der Waals surface area contributed by atoms with Crippen LogP contribution in [-0.4, -0.2) is 31.7 Å². The maximum atomic E-state index is 14.1. The zero-order valence-corrected chi connectivity index (χ0v) is 16.6. The monoisotopic (exact) mass is 438 g/mol. The van der Waals surface area contributed by atoms with Gasteiger partial charge in [-0.1, -0.05) is 0 Å². The largest absolute Gasteiger partial charge is 0.481 e. The number of carbonyl (C=O) groups excluding carboxylic acids is 1. The summed E-state index contributed by atoms with van der Waals surface area (Å²) in [6.07, 6.45) is 0.108. The average Bonchev–Trinajstić information content (AvgIpc) is 3.10. The van der Waals surface area contributed by atoms with Crippen LogP contribution in [0, 0.1) is 11.6 Å². The van der Waals surface area contributed by atoms with E-state index >= 15 is 0 Å². The summed E-state index contributed by atoms with van der Waals surface area (Å²) in [4.78, 5) is 42.7. The van der Waals surface area contributed by atoms with Crippen molar-refractivity contribution < 1.29 is 23.5 Å². The summed E-state index contributed by atoms with van der Waals surface area (Å²) in [7, 11) is 0. The number of hydrogen-bond donors (Lipinski definition) is 1. The molecular formula is C22H16F2N4O4. The average molecular weight is 438 g/mol. The summed E-state index contributed by atoms with van der Waals surface area (Å²) in [6.45, 7) is 0. The fourth-order valence-corrected chi connectivity index (χ4v) is 4.49. The molecule has 1 N–H and O–H groups in total. The maximum Gasteiger partial charge on any atom is 0.303 e. The van der Waals surface area contributed by atoms with Crippen molar-refractivity contribution in [2.75, 3.05) is 4.90 Å². The third-order valence-corrected chi connectivity index (χ3v) is 5.91. The van der Waals surface area contributed by atoms with Gasteiger partial charge in [0, 0.05) is 36.8 Å². The molecule has 8 nitrogen and oxygen atoms in total. The van der Waals surface area contributed by atoms with Crippen LogP contribution in [0.1, 0.15) is 25.7 Å². The van der Waals surface area contributed by atoms with Gasteiger partial charge in [-0.05, 0) is 42.5 Å². The SMILES string of the molecule is O=C(O)CC[C@]12CCC(=O)N1c1ccc(F)cc1-c1nc(=O)c(-c3ccc(F)cc3)nn12. The number of amides is 1. The predicted octanol–water partition coefficient (Wildman–Crippen LogP) is 2.91. The van der Waals surface area contributed by atoms with Gasteiger partial charge in [-0.15, -0.1) is 0 Å². The number of carbonyl (C=O) groups is 2. The lowest BCUT2D eigenvalue weighted by Gasteiger charge is -2.44. The van der Waals surface area contributed by atoms with Gasteiger partial charge < -0.3 is 5.11 Å². The number of carboxylic acid groups (broad SMARTS) is 1. The molecule has 0 radical (unpaired) electrons. The van der Waals surface area contributed by atoms with Crippen LogP contribution >= 0.6 is 0 Å². The van der Waals surface area contributed by atoms with Crippen LogP contribution < -0.4 is 10.5 Å². The summed E-state index contributed by atoms with van der Waals surface area (Å²) in [5.74, 6) is -2.35. The molecule has 0 spiro atoms. The lowest BCUT2D eigenvalue weighted by atomic mass is 9.95. The zero-order chi connectivity index (χ0) is 22.6. The number of nitrogens with zero attached hydrogens (tertiary/aromatic N) is 4. The van der Waals surface area contributed by atoms with E-state index in [1.165, 1.54) is 52.0 Å². The van der Waals surface area contributed by atoms with E-state index in [-0.39, 0.29) is 48.7 Å². The van der Waals surface area contributed by atoms with Crippen molar-refractivity contribution in [3.63, 3.8) is 0 Å². The second kappa shape index (κ2) is 7.04. The Labute approximate surface area is 179 Å². The van der Waals surface area contributed by atoms with Crippen LogP contribution in [0.15, 0.2) is 47.3 Å². The zero-order valence-electron chi connectivity index (χ0n) is 16.6. The van der Waals surface area contributed by atoms with E-state index in [1.54, 1.807) is 0 Å². The number of anilines is 1. The van der Waals surface area contributed by atoms with Gasteiger partial charge in [0.05, 0.1) is 5.69 Å². The van der Waals surface area contributed by atoms with E-state index in [1.807, 2.05) is 0 Å². The van der Waals surface area contributed by atoms with Gasteiger partial charge >= 0.3 is 5.97 Å². The molecule has 1 amide bonds. The number of hydrogen-bond acceptors (Lipinski definition) is 5. The topological polar surface area (TPSA) is 105 Å². The van der Waals surface area contributed by atoms with Crippen molar-refractivity contribution in [3.05, 3.63) is 64.5 Å². The van der Waals surface area contributed by atoms with E-state index in [9.17, 15) is 28.3 Å². The lowest BCUT2D eigenvalue weighted by molar-refractivity contribution is -0.137. The number of aliphatic carboxylic acids is 1. The van der Waals surface area contributed by atoms with E-state index in [2.05, 4.69) is 10.1 Å². The van der Waals surface area contributed by atoms with E-state index in [4.69, 9.17) is 0 Å². The standard InChI is InChI=1S/C22H16F2N4O4/c23-13-3-1-12(2-4-13)19-21(32)25-20-15-11-14(24)5-6-16(15)27-17(29)7-9-22(27,28(20)26-19)10-8-18(30)31/h1-6,11H,7-10H2,(H,30,31)/t22-/m1/s1. The maximum absolute atomic E-state index is 14.1. The highest BCUT2D eigenvalue weighted by Gasteiger charge is 2.53. The number of aromatic nitrogens is 3. The van der Waals surface area contributed by atoms with Crippen molar-refractivity contribution >= 4 is 17.6 Å². The normalized spacial score (nSPS) is 18.8. The molecule has 0 saturated carbocycles. The van der Waals surface area contributed by atoms with Crippen LogP contribution in [0.4, 0.5) is 14.5 Å². The minimum Gasteiger partial charge on any atom is -0.481 e. The van der Waals surface area contributed by atoms with Crippen LogP contribution in [0.2, 0.25) is 0 Å². The summed E-state index contributed by atoms with van der Waals surface area (Å²) in [5, 5.41) is 13.8. The highest BCUT2D eigenvalue weighted by atomic mass is 19.1. The van der Waals surface area contributed by atoms with Crippen molar-refractivity contribution in [2.45, 2.75) is 31.3 Å². The third kappa shape index (κ3) is 2.90. The highest BCUT2D eigenvalue weighted by Crippen LogP contribution is 2.50. The molecule has 10 heteroatoms. The number of carboxylic acids is 1. The predicted molar refractivity (Wildman–Crippen MR) is 109 cm³/mol. The van der Waals surface area contributed by atoms with Crippen LogP contribution in [0.3, 0.4) is 0 Å². The molecule has 162 valence electrons. The summed E-state index contributed by atoms with van der Waals surface area (Å²) < 4.78 is 28.9. The molecule has 2 aliphatic heterocycles. The first-order valence-electron chi connectivity index (χ1n) is 9.93. The van der Waals surface area contributed by atoms with Crippen LogP contribution in [0.5, 0.6) is 0 Å². The molecule has 1 fully saturated rings. The van der Waals surface area contributed by atoms with Gasteiger partial charge in [0.15, 0.2) is 11.5 Å². The van der Waals surface area contributed by atoms with E-state index < -0.39 is 28.8 Å². The summed E-state index contributed by atoms with van der Waals surface area (Å²) in [5.41, 5.74) is -1.13. The molecule has 1 saturated heterocycles. The van der Waals surface area contributed by atoms with Gasteiger partial charge in [0.2, 0.25) is 5.91 Å². The Bertz CT molecular complexity index is 1340. The highest BCUT2D eigenvalue weighted by molar-refractivity contribution is 6.01. The van der Waals surface area contributed by atoms with Crippen molar-refractivity contribution in [3.8, 4) is 22.6 Å². The molecular weight excluding hydrogens is 422 g/mol. The van der Waals surface area contributed by atoms with Gasteiger partial charge in [-0.2, -0.15) is 10.1 Å². The Morgan fingerprint density at radius 1 is 1.09 bits per heavy atom. The van der Waals surface area contributed by atoms with E-state index in [0.29, 0.717) is 11.3 Å². The number of benzene rings is 2. The molecule has 0 unspecified atom stereocenters. The molecule has 32 heavy (non-hydrogen) atoms. The Hall–Kier alpha value is -3.95. The Morgan fingerprint density at radius 2 is 1.81 bits per heavy atom. The Morgan fingerprint density at radius 3 is 2.53 bits per heavy atom. The van der Waals surface area contributed by atoms with Crippen molar-refractivity contribution in [1.82, 2.24) is 14.8 Å². The van der Waals surface area contributed by atoms with Crippen molar-refractivity contribution in [2.24, 2.45) is 0 Å². The molecule has 3 heterocycles. The molecule has 1 aromatic heterocycles. The molecule has 3 aromatic rings. The van der Waals surface area contributed by atoms with Crippen LogP contribution in [-0.2, 0) is 15.3 Å². The first kappa shape index (κ1) is 20.0. The summed E-state index contributed by atoms with van der Waals surface area (Å²) >= 11 is 0. The number of fused-ring (bicyclic) bond motifs is 6. The fraction of sp³-hybridized carbons (Fsp3) is 0.227. The number of halogens is 2. The first-order chi connectivity index (χ1) is 15.3. The first-order valence-corrected chi connectivity index (χ1v) is 9.93. The van der Waals surface area contributed by atoms with Gasteiger partial charge in [0.25, 0.3) is 5.56 Å². The number of rotatable bonds is 4. The molecule has 0 bridgehead atoms. The molecule has 2 aromatic carbocycles. The minimum atomic E-state index is -1.22. The lowest BCUT2D eigenvalue weighted by Crippen LogP contribution is -2.53. The minimum absolute atomic E-state index is 0.0122. The molecule has 0 aliphatic carbocycles. The second-order valence-corrected chi connectivity index (χ2v) is 7.77. The summed E-state index contributed by atoms with van der Waals surface area (Å²) in [6, 6.07) is 8.90. The third-order valence-electron chi connectivity index (χ3n) is 5.91. The fourth-order valence-electron chi connectivity index (χ4n) is 4.49. The molecule has 2 aliphatic rings. The quantitative estimate of drug-likeness (QED) is 0.672. The smallest absolute Gasteiger partial charge is 0.303 e. The molecule has 5 rings (SSSR count). The van der Waals surface area contributed by atoms with Crippen LogP contribution in [0.25, 0.3) is 22.6 Å². The Kier molecular flexibility index (Phi) is 4.40. The second-order valence-electron chi connectivity index (χ2n) is 7.77. The Balaban J connectivity index is 1.81. The van der Waals surface area contributed by atoms with Crippen molar-refractivity contribution in [1.29, 1.82) is 0 Å². The molecule has 1 atom stereocenters. The van der Waals surface area contributed by atoms with E-state index in [0.717, 1.165) is 0 Å². The van der Waals surface area contributed by atoms with Gasteiger partial charge in [0.1, 0.15) is 17.3 Å².